The van der Waals surface area contributed by atoms with Crippen LogP contribution in [0.25, 0.3) is 12.2 Å². The smallest absolute Gasteiger partial charge is 1.00 e. The molecule has 0 spiro atoms. The molecule has 2 aromatic rings. The molecule has 2 aromatic carbocycles. The third kappa shape index (κ3) is 4.78. The van der Waals surface area contributed by atoms with Crippen LogP contribution in [0, 0.1) is 0 Å². The van der Waals surface area contributed by atoms with Gasteiger partial charge in [0.2, 0.25) is 0 Å². The Balaban J connectivity index is 0.00000162. The minimum atomic E-state index is -2.13. The summed E-state index contributed by atoms with van der Waals surface area (Å²) < 4.78 is 1.62. The van der Waals surface area contributed by atoms with Gasteiger partial charge in [0.25, 0.3) is 0 Å². The molecule has 2 atom stereocenters. The SMILES string of the molecule is CC1=Cc2c(C(C)C)cccc2[CH]1[Hf+2]([CH]1C(C)=Cc2c(C(C)C)cccc21)=[Si]1CCCC1.[Cl-].[Cl-]. The Morgan fingerprint density at radius 1 is 0.706 bits per heavy atom. The first-order valence-electron chi connectivity index (χ1n) is 12.7. The predicted molar refractivity (Wildman–Crippen MR) is 138 cm³/mol. The van der Waals surface area contributed by atoms with Crippen LogP contribution in [-0.4, -0.2) is 5.49 Å². The van der Waals surface area contributed by atoms with E-state index in [9.17, 15) is 0 Å². The van der Waals surface area contributed by atoms with Gasteiger partial charge in [0.05, 0.1) is 0 Å². The van der Waals surface area contributed by atoms with Crippen molar-refractivity contribution < 1.29 is 44.9 Å². The van der Waals surface area contributed by atoms with E-state index in [0.717, 1.165) is 7.35 Å². The van der Waals surface area contributed by atoms with Crippen LogP contribution in [0.4, 0.5) is 0 Å². The summed E-state index contributed by atoms with van der Waals surface area (Å²) in [5, 5.41) is 0. The zero-order valence-electron chi connectivity index (χ0n) is 21.5. The van der Waals surface area contributed by atoms with E-state index in [0.29, 0.717) is 11.8 Å². The number of benzene rings is 2. The minimum absolute atomic E-state index is 0. The van der Waals surface area contributed by atoms with Crippen LogP contribution in [0.3, 0.4) is 0 Å². The van der Waals surface area contributed by atoms with Gasteiger partial charge in [-0.3, -0.25) is 0 Å². The van der Waals surface area contributed by atoms with E-state index in [2.05, 4.69) is 90.1 Å². The maximum Gasteiger partial charge on any atom is -1.00 e. The minimum Gasteiger partial charge on any atom is -1.00 e. The molecule has 2 unspecified atom stereocenters. The third-order valence-electron chi connectivity index (χ3n) is 8.11. The molecule has 0 nitrogen and oxygen atoms in total. The Bertz CT molecular complexity index is 1080. The number of rotatable bonds is 4. The van der Waals surface area contributed by atoms with E-state index in [4.69, 9.17) is 0 Å². The van der Waals surface area contributed by atoms with Crippen molar-refractivity contribution in [2.75, 3.05) is 0 Å². The van der Waals surface area contributed by atoms with Crippen molar-refractivity contribution in [3.8, 4) is 0 Å². The molecular formula is C30H38Cl2HfSi. The van der Waals surface area contributed by atoms with Gasteiger partial charge in [-0.25, -0.2) is 0 Å². The molecule has 0 radical (unpaired) electrons. The number of allylic oxidation sites excluding steroid dienone is 2. The maximum absolute atomic E-state index is 2.61. The normalized spacial score (nSPS) is 20.3. The van der Waals surface area contributed by atoms with Crippen molar-refractivity contribution in [1.82, 2.24) is 0 Å². The van der Waals surface area contributed by atoms with Crippen LogP contribution >= 0.6 is 0 Å². The molecule has 1 heterocycles. The molecule has 0 bridgehead atoms. The van der Waals surface area contributed by atoms with Gasteiger partial charge in [0, 0.05) is 0 Å². The Morgan fingerprint density at radius 3 is 1.50 bits per heavy atom. The molecule has 1 fully saturated rings. The second kappa shape index (κ2) is 11.3. The average Bonchev–Trinajstić information content (AvgIpc) is 3.46. The van der Waals surface area contributed by atoms with Crippen molar-refractivity contribution in [1.29, 1.82) is 0 Å². The summed E-state index contributed by atoms with van der Waals surface area (Å²) in [4.78, 5) is 0. The van der Waals surface area contributed by atoms with Gasteiger partial charge in [-0.05, 0) is 0 Å². The van der Waals surface area contributed by atoms with Gasteiger partial charge in [-0.2, -0.15) is 0 Å². The summed E-state index contributed by atoms with van der Waals surface area (Å²) in [6.07, 6.45) is 8.23. The Hall–Kier alpha value is -0.413. The zero-order valence-corrected chi connectivity index (χ0v) is 27.6. The first-order chi connectivity index (χ1) is 15.4. The second-order valence-electron chi connectivity index (χ2n) is 10.9. The number of hydrogen-bond donors (Lipinski definition) is 0. The molecule has 1 saturated heterocycles. The summed E-state index contributed by atoms with van der Waals surface area (Å²) in [5.74, 6) is 1.20. The molecule has 180 valence electrons. The molecule has 0 N–H and O–H groups in total. The van der Waals surface area contributed by atoms with Gasteiger partial charge >= 0.3 is 204 Å². The average molecular weight is 676 g/mol. The van der Waals surface area contributed by atoms with E-state index in [1.54, 1.807) is 56.6 Å². The van der Waals surface area contributed by atoms with E-state index < -0.39 is 20.1 Å². The number of halogens is 2. The van der Waals surface area contributed by atoms with Gasteiger partial charge in [-0.1, -0.05) is 0 Å². The van der Waals surface area contributed by atoms with Gasteiger partial charge < -0.3 is 24.8 Å². The molecule has 2 aliphatic carbocycles. The van der Waals surface area contributed by atoms with Crippen LogP contribution in [0.2, 0.25) is 12.1 Å². The summed E-state index contributed by atoms with van der Waals surface area (Å²) in [6, 6.07) is 17.7. The maximum atomic E-state index is 2.61. The Labute approximate surface area is 227 Å². The largest absolute Gasteiger partial charge is 1.00 e. The van der Waals surface area contributed by atoms with Gasteiger partial charge in [-0.15, -0.1) is 0 Å². The van der Waals surface area contributed by atoms with Crippen molar-refractivity contribution in [3.63, 3.8) is 0 Å². The van der Waals surface area contributed by atoms with Crippen LogP contribution < -0.4 is 24.8 Å². The fourth-order valence-electron chi connectivity index (χ4n) is 6.65. The summed E-state index contributed by atoms with van der Waals surface area (Å²) >= 11 is -2.13. The molecule has 34 heavy (non-hydrogen) atoms. The fourth-order valence-corrected chi connectivity index (χ4v) is 44.3. The van der Waals surface area contributed by atoms with Crippen LogP contribution in [0.1, 0.15) is 107 Å². The standard InChI is InChI=1S/2C13H15.C4H8Si.2ClH.Hf/c2*1-9(2)12-6-4-5-11-7-10(3)8-13(11)12;1-2-4-5-3-1;;;/h2*4-9H,1-3H3;1-4H2;2*1H;/q;;;;;+2/p-2. The molecule has 0 saturated carbocycles. The molecular weight excluding hydrogens is 638 g/mol. The van der Waals surface area contributed by atoms with E-state index in [-0.39, 0.29) is 30.3 Å². The summed E-state index contributed by atoms with van der Waals surface area (Å²) in [6.45, 7) is 14.4. The molecule has 0 amide bonds. The van der Waals surface area contributed by atoms with Crippen LogP contribution in [0.5, 0.6) is 0 Å². The van der Waals surface area contributed by atoms with E-state index in [1.807, 2.05) is 0 Å². The third-order valence-corrected chi connectivity index (χ3v) is 39.7. The quantitative estimate of drug-likeness (QED) is 0.438. The van der Waals surface area contributed by atoms with Gasteiger partial charge in [0.1, 0.15) is 0 Å². The molecule has 3 aliphatic rings. The fraction of sp³-hybridized carbons (Fsp3) is 0.467. The topological polar surface area (TPSA) is 0 Å². The monoisotopic (exact) mass is 676 g/mol. The van der Waals surface area contributed by atoms with E-state index in [1.165, 1.54) is 12.8 Å². The Kier molecular flexibility index (Phi) is 9.38. The molecule has 1 aliphatic heterocycles. The molecule has 5 rings (SSSR count). The first kappa shape index (κ1) is 28.2. The van der Waals surface area contributed by atoms with E-state index >= 15 is 0 Å². The first-order valence-corrected chi connectivity index (χ1v) is 24.2. The van der Waals surface area contributed by atoms with Crippen LogP contribution in [0.15, 0.2) is 47.5 Å². The molecule has 4 heteroatoms. The van der Waals surface area contributed by atoms with Gasteiger partial charge in [0.15, 0.2) is 0 Å². The molecule has 0 aromatic heterocycles. The second-order valence-corrected chi connectivity index (χ2v) is 32.9. The number of fused-ring (bicyclic) bond motifs is 2. The van der Waals surface area contributed by atoms with Crippen molar-refractivity contribution in [3.05, 3.63) is 80.9 Å². The zero-order chi connectivity index (χ0) is 22.6. The summed E-state index contributed by atoms with van der Waals surface area (Å²) in [5.41, 5.74) is 13.0. The predicted octanol–water partition coefficient (Wildman–Crippen LogP) is 2.96. The van der Waals surface area contributed by atoms with Crippen molar-refractivity contribution >= 4 is 17.6 Å². The number of hydrogen-bond acceptors (Lipinski definition) is 0. The Morgan fingerprint density at radius 2 is 1.12 bits per heavy atom. The van der Waals surface area contributed by atoms with Crippen molar-refractivity contribution in [2.45, 2.75) is 85.7 Å². The van der Waals surface area contributed by atoms with Crippen molar-refractivity contribution in [2.24, 2.45) is 0 Å². The van der Waals surface area contributed by atoms with Crippen LogP contribution in [-0.2, 0) is 20.1 Å². The summed E-state index contributed by atoms with van der Waals surface area (Å²) in [7, 11) is 0.